The Labute approximate surface area is 103 Å². The molecule has 16 heavy (non-hydrogen) atoms. The Kier molecular flexibility index (Phi) is 3.33. The van der Waals surface area contributed by atoms with E-state index in [4.69, 9.17) is 10.7 Å². The maximum absolute atomic E-state index is 10.9. The van der Waals surface area contributed by atoms with Crippen LogP contribution in [0.2, 0.25) is 0 Å². The topological polar surface area (TPSA) is 34.1 Å². The molecule has 0 saturated carbocycles. The summed E-state index contributed by atoms with van der Waals surface area (Å²) in [6.45, 7) is 0. The van der Waals surface area contributed by atoms with Crippen molar-refractivity contribution in [2.45, 2.75) is 5.75 Å². The van der Waals surface area contributed by atoms with Crippen LogP contribution in [-0.4, -0.2) is 8.42 Å². The number of halogens is 1. The normalized spacial score (nSPS) is 11.6. The van der Waals surface area contributed by atoms with Gasteiger partial charge in [0.15, 0.2) is 0 Å². The van der Waals surface area contributed by atoms with Crippen molar-refractivity contribution in [3.8, 4) is 10.4 Å². The van der Waals surface area contributed by atoms with Gasteiger partial charge in [-0.05, 0) is 17.7 Å². The summed E-state index contributed by atoms with van der Waals surface area (Å²) in [7, 11) is 1.74. The molecule has 2 rings (SSSR count). The van der Waals surface area contributed by atoms with E-state index in [1.165, 1.54) is 11.3 Å². The van der Waals surface area contributed by atoms with Crippen molar-refractivity contribution in [2.24, 2.45) is 0 Å². The smallest absolute Gasteiger partial charge is 0.212 e. The molecule has 0 unspecified atom stereocenters. The van der Waals surface area contributed by atoms with Gasteiger partial charge in [0.25, 0.3) is 0 Å². The minimum atomic E-state index is -3.46. The van der Waals surface area contributed by atoms with Gasteiger partial charge >= 0.3 is 0 Å². The van der Waals surface area contributed by atoms with Crippen LogP contribution in [0.1, 0.15) is 4.88 Å². The SMILES string of the molecule is O=S(=O)(Cl)Cc1ccc(-c2ccccc2)s1. The number of hydrogen-bond acceptors (Lipinski definition) is 3. The molecule has 2 nitrogen and oxygen atoms in total. The summed E-state index contributed by atoms with van der Waals surface area (Å²) in [4.78, 5) is 1.81. The zero-order chi connectivity index (χ0) is 11.6. The predicted octanol–water partition coefficient (Wildman–Crippen LogP) is 3.48. The lowest BCUT2D eigenvalue weighted by Crippen LogP contribution is -1.91. The Balaban J connectivity index is 2.27. The quantitative estimate of drug-likeness (QED) is 0.802. The molecular formula is C11H9ClO2S2. The van der Waals surface area contributed by atoms with Crippen molar-refractivity contribution in [1.82, 2.24) is 0 Å². The molecule has 0 spiro atoms. The van der Waals surface area contributed by atoms with Crippen LogP contribution < -0.4 is 0 Å². The fourth-order valence-electron chi connectivity index (χ4n) is 1.38. The third kappa shape index (κ3) is 3.07. The van der Waals surface area contributed by atoms with E-state index in [9.17, 15) is 8.42 Å². The lowest BCUT2D eigenvalue weighted by atomic mass is 10.2. The van der Waals surface area contributed by atoms with Crippen molar-refractivity contribution in [3.05, 3.63) is 47.3 Å². The second kappa shape index (κ2) is 4.57. The zero-order valence-electron chi connectivity index (χ0n) is 8.26. The monoisotopic (exact) mass is 272 g/mol. The van der Waals surface area contributed by atoms with E-state index in [1.807, 2.05) is 36.4 Å². The van der Waals surface area contributed by atoms with E-state index in [0.717, 1.165) is 15.3 Å². The molecule has 0 fully saturated rings. The van der Waals surface area contributed by atoms with Gasteiger partial charge in [0.1, 0.15) is 0 Å². The van der Waals surface area contributed by atoms with Gasteiger partial charge in [0.05, 0.1) is 5.75 Å². The summed E-state index contributed by atoms with van der Waals surface area (Å²) in [6, 6.07) is 13.5. The van der Waals surface area contributed by atoms with Gasteiger partial charge in [-0.15, -0.1) is 11.3 Å². The fourth-order valence-corrected chi connectivity index (χ4v) is 3.88. The Morgan fingerprint density at radius 1 is 1.06 bits per heavy atom. The number of rotatable bonds is 3. The summed E-state index contributed by atoms with van der Waals surface area (Å²) < 4.78 is 21.8. The molecule has 0 N–H and O–H groups in total. The molecule has 0 aliphatic heterocycles. The number of thiophene rings is 1. The molecular weight excluding hydrogens is 264 g/mol. The van der Waals surface area contributed by atoms with E-state index >= 15 is 0 Å². The summed E-state index contributed by atoms with van der Waals surface area (Å²) in [5.74, 6) is -0.105. The maximum Gasteiger partial charge on any atom is 0.237 e. The molecule has 1 aromatic carbocycles. The van der Waals surface area contributed by atoms with Crippen LogP contribution in [0.25, 0.3) is 10.4 Å². The van der Waals surface area contributed by atoms with E-state index in [0.29, 0.717) is 0 Å². The third-order valence-electron chi connectivity index (χ3n) is 2.03. The maximum atomic E-state index is 10.9. The average Bonchev–Trinajstić information content (AvgIpc) is 2.65. The molecule has 1 heterocycles. The predicted molar refractivity (Wildman–Crippen MR) is 68.2 cm³/mol. The first-order valence-electron chi connectivity index (χ1n) is 4.61. The Morgan fingerprint density at radius 3 is 2.38 bits per heavy atom. The highest BCUT2D eigenvalue weighted by Gasteiger charge is 2.10. The molecule has 0 saturated heterocycles. The standard InChI is InChI=1S/C11H9ClO2S2/c12-16(13,14)8-10-6-7-11(15-10)9-4-2-1-3-5-9/h1-7H,8H2. The second-order valence-electron chi connectivity index (χ2n) is 3.32. The van der Waals surface area contributed by atoms with Crippen molar-refractivity contribution in [2.75, 3.05) is 0 Å². The largest absolute Gasteiger partial charge is 0.237 e. The van der Waals surface area contributed by atoms with Gasteiger partial charge in [0.2, 0.25) is 9.05 Å². The van der Waals surface area contributed by atoms with Crippen LogP contribution in [0.3, 0.4) is 0 Å². The lowest BCUT2D eigenvalue weighted by molar-refractivity contribution is 0.609. The van der Waals surface area contributed by atoms with E-state index in [1.54, 1.807) is 6.07 Å². The first-order valence-corrected chi connectivity index (χ1v) is 7.90. The number of hydrogen-bond donors (Lipinski definition) is 0. The van der Waals surface area contributed by atoms with Crippen molar-refractivity contribution in [3.63, 3.8) is 0 Å². The summed E-state index contributed by atoms with van der Waals surface area (Å²) in [6.07, 6.45) is 0. The molecule has 0 radical (unpaired) electrons. The van der Waals surface area contributed by atoms with Gasteiger partial charge in [0, 0.05) is 20.4 Å². The fraction of sp³-hybridized carbons (Fsp3) is 0.0909. The first-order chi connectivity index (χ1) is 7.54. The molecule has 0 aliphatic rings. The first kappa shape index (κ1) is 11.6. The van der Waals surface area contributed by atoms with Crippen LogP contribution in [0, 0.1) is 0 Å². The van der Waals surface area contributed by atoms with Gasteiger partial charge in [-0.2, -0.15) is 0 Å². The van der Waals surface area contributed by atoms with Gasteiger partial charge in [-0.1, -0.05) is 30.3 Å². The molecule has 2 aromatic rings. The summed E-state index contributed by atoms with van der Waals surface area (Å²) >= 11 is 1.45. The van der Waals surface area contributed by atoms with Gasteiger partial charge in [-0.25, -0.2) is 8.42 Å². The Hall–Kier alpha value is -0.840. The molecule has 84 valence electrons. The molecule has 1 aromatic heterocycles. The summed E-state index contributed by atoms with van der Waals surface area (Å²) in [5, 5.41) is 0. The second-order valence-corrected chi connectivity index (χ2v) is 7.26. The Morgan fingerprint density at radius 2 is 1.75 bits per heavy atom. The van der Waals surface area contributed by atoms with Gasteiger partial charge < -0.3 is 0 Å². The lowest BCUT2D eigenvalue weighted by Gasteiger charge is -1.95. The summed E-state index contributed by atoms with van der Waals surface area (Å²) in [5.41, 5.74) is 1.09. The van der Waals surface area contributed by atoms with Crippen molar-refractivity contribution >= 4 is 31.1 Å². The highest BCUT2D eigenvalue weighted by molar-refractivity contribution is 8.13. The third-order valence-corrected chi connectivity index (χ3v) is 4.33. The van der Waals surface area contributed by atoms with Gasteiger partial charge in [-0.3, -0.25) is 0 Å². The van der Waals surface area contributed by atoms with E-state index in [2.05, 4.69) is 0 Å². The molecule has 0 aliphatic carbocycles. The minimum Gasteiger partial charge on any atom is -0.212 e. The minimum absolute atomic E-state index is 0.105. The molecule has 0 bridgehead atoms. The molecule has 0 atom stereocenters. The average molecular weight is 273 g/mol. The van der Waals surface area contributed by atoms with Crippen molar-refractivity contribution < 1.29 is 8.42 Å². The molecule has 0 amide bonds. The molecule has 5 heteroatoms. The Bertz CT molecular complexity index is 573. The van der Waals surface area contributed by atoms with Crippen molar-refractivity contribution in [1.29, 1.82) is 0 Å². The highest BCUT2D eigenvalue weighted by atomic mass is 35.7. The van der Waals surface area contributed by atoms with Crippen LogP contribution in [0.5, 0.6) is 0 Å². The van der Waals surface area contributed by atoms with E-state index < -0.39 is 9.05 Å². The van der Waals surface area contributed by atoms with Crippen LogP contribution in [-0.2, 0) is 14.8 Å². The number of benzene rings is 1. The van der Waals surface area contributed by atoms with Crippen LogP contribution in [0.15, 0.2) is 42.5 Å². The highest BCUT2D eigenvalue weighted by Crippen LogP contribution is 2.29. The van der Waals surface area contributed by atoms with Crippen LogP contribution >= 0.6 is 22.0 Å². The van der Waals surface area contributed by atoms with E-state index in [-0.39, 0.29) is 5.75 Å². The zero-order valence-corrected chi connectivity index (χ0v) is 10.6. The van der Waals surface area contributed by atoms with Crippen LogP contribution in [0.4, 0.5) is 0 Å².